The van der Waals surface area contributed by atoms with Crippen molar-refractivity contribution < 1.29 is 14.3 Å². The predicted molar refractivity (Wildman–Crippen MR) is 101 cm³/mol. The van der Waals surface area contributed by atoms with Crippen LogP contribution >= 0.6 is 0 Å². The molecule has 0 atom stereocenters. The molecule has 3 rings (SSSR count). The summed E-state index contributed by atoms with van der Waals surface area (Å²) < 4.78 is 10.6. The SMILES string of the molecule is COC(=O)c1cccc(CN2CCN(CCOc3ccccc3)CC2)c1. The molecule has 0 aliphatic carbocycles. The molecule has 1 fully saturated rings. The number of rotatable bonds is 7. The molecule has 5 nitrogen and oxygen atoms in total. The summed E-state index contributed by atoms with van der Waals surface area (Å²) in [7, 11) is 1.41. The number of methoxy groups -OCH3 is 1. The second kappa shape index (κ2) is 9.36. The quantitative estimate of drug-likeness (QED) is 0.715. The second-order valence-corrected chi connectivity index (χ2v) is 6.47. The maximum Gasteiger partial charge on any atom is 0.337 e. The lowest BCUT2D eigenvalue weighted by Gasteiger charge is -2.34. The van der Waals surface area contributed by atoms with E-state index in [-0.39, 0.29) is 5.97 Å². The molecule has 0 radical (unpaired) electrons. The van der Waals surface area contributed by atoms with Gasteiger partial charge in [-0.25, -0.2) is 4.79 Å². The maximum atomic E-state index is 11.6. The van der Waals surface area contributed by atoms with E-state index in [1.54, 1.807) is 6.07 Å². The molecule has 5 heteroatoms. The van der Waals surface area contributed by atoms with Gasteiger partial charge in [0.15, 0.2) is 0 Å². The molecule has 0 saturated carbocycles. The van der Waals surface area contributed by atoms with Crippen molar-refractivity contribution in [1.29, 1.82) is 0 Å². The van der Waals surface area contributed by atoms with Gasteiger partial charge in [0.05, 0.1) is 12.7 Å². The topological polar surface area (TPSA) is 42.0 Å². The van der Waals surface area contributed by atoms with Crippen LogP contribution in [-0.4, -0.2) is 62.2 Å². The van der Waals surface area contributed by atoms with E-state index >= 15 is 0 Å². The van der Waals surface area contributed by atoms with Gasteiger partial charge in [0.1, 0.15) is 12.4 Å². The monoisotopic (exact) mass is 354 g/mol. The lowest BCUT2D eigenvalue weighted by atomic mass is 10.1. The Labute approximate surface area is 155 Å². The van der Waals surface area contributed by atoms with Crippen LogP contribution in [0.1, 0.15) is 15.9 Å². The van der Waals surface area contributed by atoms with E-state index in [1.165, 1.54) is 7.11 Å². The normalized spacial score (nSPS) is 15.6. The first-order valence-electron chi connectivity index (χ1n) is 9.04. The van der Waals surface area contributed by atoms with Crippen molar-refractivity contribution in [2.24, 2.45) is 0 Å². The molecule has 0 bridgehead atoms. The summed E-state index contributed by atoms with van der Waals surface area (Å²) in [4.78, 5) is 16.5. The van der Waals surface area contributed by atoms with Gasteiger partial charge >= 0.3 is 5.97 Å². The summed E-state index contributed by atoms with van der Waals surface area (Å²) in [5.74, 6) is 0.645. The molecule has 1 saturated heterocycles. The summed E-state index contributed by atoms with van der Waals surface area (Å²) in [5.41, 5.74) is 1.76. The summed E-state index contributed by atoms with van der Waals surface area (Å²) >= 11 is 0. The molecule has 2 aromatic carbocycles. The number of piperazine rings is 1. The number of benzene rings is 2. The smallest absolute Gasteiger partial charge is 0.337 e. The third-order valence-electron chi connectivity index (χ3n) is 4.64. The Balaban J connectivity index is 1.40. The van der Waals surface area contributed by atoms with Gasteiger partial charge in [0.2, 0.25) is 0 Å². The van der Waals surface area contributed by atoms with Crippen LogP contribution in [-0.2, 0) is 11.3 Å². The molecule has 0 unspecified atom stereocenters. The van der Waals surface area contributed by atoms with Gasteiger partial charge in [-0.15, -0.1) is 0 Å². The zero-order valence-electron chi connectivity index (χ0n) is 15.3. The highest BCUT2D eigenvalue weighted by Gasteiger charge is 2.17. The van der Waals surface area contributed by atoms with E-state index in [4.69, 9.17) is 9.47 Å². The van der Waals surface area contributed by atoms with Crippen molar-refractivity contribution in [1.82, 2.24) is 9.80 Å². The van der Waals surface area contributed by atoms with Gasteiger partial charge in [0, 0.05) is 39.3 Å². The van der Waals surface area contributed by atoms with Gasteiger partial charge in [-0.3, -0.25) is 9.80 Å². The molecule has 2 aromatic rings. The average molecular weight is 354 g/mol. The van der Waals surface area contributed by atoms with E-state index in [1.807, 2.05) is 42.5 Å². The van der Waals surface area contributed by atoms with E-state index in [0.717, 1.165) is 50.6 Å². The minimum absolute atomic E-state index is 0.282. The number of carbonyl (C=O) groups excluding carboxylic acids is 1. The standard InChI is InChI=1S/C21H26N2O3/c1-25-21(24)19-7-5-6-18(16-19)17-23-12-10-22(11-13-23)14-15-26-20-8-3-2-4-9-20/h2-9,16H,10-15,17H2,1H3. The van der Waals surface area contributed by atoms with E-state index in [2.05, 4.69) is 15.9 Å². The van der Waals surface area contributed by atoms with Crippen LogP contribution in [0.2, 0.25) is 0 Å². The van der Waals surface area contributed by atoms with Crippen LogP contribution in [0.25, 0.3) is 0 Å². The molecule has 0 amide bonds. The van der Waals surface area contributed by atoms with Crippen LogP contribution in [0, 0.1) is 0 Å². The fourth-order valence-electron chi connectivity index (χ4n) is 3.15. The van der Waals surface area contributed by atoms with Crippen LogP contribution in [0.5, 0.6) is 5.75 Å². The average Bonchev–Trinajstić information content (AvgIpc) is 2.70. The van der Waals surface area contributed by atoms with Gasteiger partial charge in [-0.2, -0.15) is 0 Å². The molecule has 138 valence electrons. The molecule has 1 aliphatic heterocycles. The van der Waals surface area contributed by atoms with Crippen LogP contribution < -0.4 is 4.74 Å². The molecule has 1 heterocycles. The highest BCUT2D eigenvalue weighted by atomic mass is 16.5. The highest BCUT2D eigenvalue weighted by Crippen LogP contribution is 2.12. The van der Waals surface area contributed by atoms with Gasteiger partial charge in [0.25, 0.3) is 0 Å². The van der Waals surface area contributed by atoms with Crippen LogP contribution in [0.15, 0.2) is 54.6 Å². The number of hydrogen-bond donors (Lipinski definition) is 0. The first-order chi connectivity index (χ1) is 12.7. The van der Waals surface area contributed by atoms with Crippen molar-refractivity contribution in [2.45, 2.75) is 6.54 Å². The maximum absolute atomic E-state index is 11.6. The minimum Gasteiger partial charge on any atom is -0.492 e. The second-order valence-electron chi connectivity index (χ2n) is 6.47. The third-order valence-corrected chi connectivity index (χ3v) is 4.64. The fourth-order valence-corrected chi connectivity index (χ4v) is 3.15. The summed E-state index contributed by atoms with van der Waals surface area (Å²) in [6.07, 6.45) is 0. The largest absolute Gasteiger partial charge is 0.492 e. The van der Waals surface area contributed by atoms with Crippen LogP contribution in [0.3, 0.4) is 0 Å². The molecule has 1 aliphatic rings. The molecular formula is C21H26N2O3. The lowest BCUT2D eigenvalue weighted by Crippen LogP contribution is -2.47. The van der Waals surface area contributed by atoms with E-state index in [9.17, 15) is 4.79 Å². The molecule has 0 N–H and O–H groups in total. The first-order valence-corrected chi connectivity index (χ1v) is 9.04. The number of nitrogens with zero attached hydrogens (tertiary/aromatic N) is 2. The van der Waals surface area contributed by atoms with Gasteiger partial charge in [-0.1, -0.05) is 30.3 Å². The number of hydrogen-bond acceptors (Lipinski definition) is 5. The van der Waals surface area contributed by atoms with Crippen molar-refractivity contribution in [3.05, 3.63) is 65.7 Å². The van der Waals surface area contributed by atoms with E-state index in [0.29, 0.717) is 12.2 Å². The van der Waals surface area contributed by atoms with Gasteiger partial charge in [-0.05, 0) is 29.8 Å². The van der Waals surface area contributed by atoms with Crippen molar-refractivity contribution in [3.63, 3.8) is 0 Å². The minimum atomic E-state index is -0.282. The predicted octanol–water partition coefficient (Wildman–Crippen LogP) is 2.67. The Morgan fingerprint density at radius 3 is 2.42 bits per heavy atom. The number of ether oxygens (including phenoxy) is 2. The van der Waals surface area contributed by atoms with Crippen LogP contribution in [0.4, 0.5) is 0 Å². The molecular weight excluding hydrogens is 328 g/mol. The lowest BCUT2D eigenvalue weighted by molar-refractivity contribution is 0.0600. The van der Waals surface area contributed by atoms with Crippen molar-refractivity contribution in [3.8, 4) is 5.75 Å². The zero-order chi connectivity index (χ0) is 18.2. The Kier molecular flexibility index (Phi) is 6.63. The highest BCUT2D eigenvalue weighted by molar-refractivity contribution is 5.89. The third kappa shape index (κ3) is 5.31. The molecule has 0 spiro atoms. The molecule has 0 aromatic heterocycles. The van der Waals surface area contributed by atoms with Crippen molar-refractivity contribution >= 4 is 5.97 Å². The Morgan fingerprint density at radius 2 is 1.69 bits per heavy atom. The van der Waals surface area contributed by atoms with Crippen molar-refractivity contribution in [2.75, 3.05) is 46.4 Å². The van der Waals surface area contributed by atoms with Gasteiger partial charge < -0.3 is 9.47 Å². The summed E-state index contributed by atoms with van der Waals surface area (Å²) in [6, 6.07) is 17.6. The fraction of sp³-hybridized carbons (Fsp3) is 0.381. The van der Waals surface area contributed by atoms with E-state index < -0.39 is 0 Å². The number of carbonyl (C=O) groups is 1. The summed E-state index contributed by atoms with van der Waals surface area (Å²) in [6.45, 7) is 6.64. The Morgan fingerprint density at radius 1 is 0.962 bits per heavy atom. The Bertz CT molecular complexity index is 697. The first kappa shape index (κ1) is 18.4. The Hall–Kier alpha value is -2.37. The summed E-state index contributed by atoms with van der Waals surface area (Å²) in [5, 5.41) is 0. The molecule has 26 heavy (non-hydrogen) atoms. The number of esters is 1. The number of para-hydroxylation sites is 1. The zero-order valence-corrected chi connectivity index (χ0v) is 15.3.